The second-order valence-electron chi connectivity index (χ2n) is 17.7. The monoisotopic (exact) mass is 939 g/mol. The Bertz CT molecular complexity index is 1430. The van der Waals surface area contributed by atoms with E-state index in [0.717, 1.165) is 83.5 Å². The van der Waals surface area contributed by atoms with Crippen molar-refractivity contribution in [1.29, 1.82) is 0 Å². The first-order valence-corrected chi connectivity index (χ1v) is 27.7. The van der Waals surface area contributed by atoms with Crippen molar-refractivity contribution in [2.45, 2.75) is 232 Å². The fourth-order valence-corrected chi connectivity index (χ4v) is 7.20. The Morgan fingerprint density at radius 2 is 0.676 bits per heavy atom. The highest BCUT2D eigenvalue weighted by Gasteiger charge is 2.17. The summed E-state index contributed by atoms with van der Waals surface area (Å²) in [7, 11) is 0. The van der Waals surface area contributed by atoms with Gasteiger partial charge in [0.25, 0.3) is 0 Å². The van der Waals surface area contributed by atoms with Crippen molar-refractivity contribution in [3.63, 3.8) is 0 Å². The minimum atomic E-state index is -0.629. The number of hydrogen-bond acceptors (Lipinski definition) is 5. The summed E-state index contributed by atoms with van der Waals surface area (Å²) in [6.07, 6.45) is 82.3. The zero-order valence-electron chi connectivity index (χ0n) is 44.1. The van der Waals surface area contributed by atoms with Crippen LogP contribution in [0.2, 0.25) is 0 Å². The topological polar surface area (TPSA) is 61.8 Å². The molecule has 0 aliphatic heterocycles. The summed E-state index contributed by atoms with van der Waals surface area (Å²) < 4.78 is 17.3. The average molecular weight is 940 g/mol. The number of unbranched alkanes of at least 4 members (excludes halogenated alkanes) is 17. The molecule has 384 valence electrons. The Morgan fingerprint density at radius 3 is 1.04 bits per heavy atom. The van der Waals surface area contributed by atoms with Gasteiger partial charge in [-0.05, 0) is 83.5 Å². The quantitative estimate of drug-likeness (QED) is 0.0345. The first kappa shape index (κ1) is 64.0. The molecule has 0 amide bonds. The molecular formula is C63H102O5. The van der Waals surface area contributed by atoms with Crippen LogP contribution < -0.4 is 0 Å². The van der Waals surface area contributed by atoms with Crippen LogP contribution in [-0.4, -0.2) is 37.9 Å². The lowest BCUT2D eigenvalue weighted by molar-refractivity contribution is -0.162. The fraction of sp³-hybridized carbons (Fsp3) is 0.619. The van der Waals surface area contributed by atoms with Crippen molar-refractivity contribution in [3.8, 4) is 0 Å². The number of ether oxygens (including phenoxy) is 3. The highest BCUT2D eigenvalue weighted by molar-refractivity contribution is 5.71. The Kier molecular flexibility index (Phi) is 54.0. The van der Waals surface area contributed by atoms with Gasteiger partial charge in [-0.15, -0.1) is 0 Å². The molecule has 0 aromatic heterocycles. The summed E-state index contributed by atoms with van der Waals surface area (Å²) in [6, 6.07) is 0. The lowest BCUT2D eigenvalue weighted by Gasteiger charge is -2.18. The molecule has 1 atom stereocenters. The van der Waals surface area contributed by atoms with E-state index in [0.29, 0.717) is 13.0 Å². The Morgan fingerprint density at radius 1 is 0.353 bits per heavy atom. The lowest BCUT2D eigenvalue weighted by atomic mass is 10.0. The van der Waals surface area contributed by atoms with Gasteiger partial charge in [-0.25, -0.2) is 0 Å². The van der Waals surface area contributed by atoms with Gasteiger partial charge >= 0.3 is 11.9 Å². The van der Waals surface area contributed by atoms with E-state index >= 15 is 0 Å². The number of carbonyl (C=O) groups excluding carboxylic acids is 2. The van der Waals surface area contributed by atoms with Crippen LogP contribution in [0, 0.1) is 0 Å². The molecule has 0 spiro atoms. The third-order valence-electron chi connectivity index (χ3n) is 11.2. The van der Waals surface area contributed by atoms with Gasteiger partial charge in [-0.3, -0.25) is 9.59 Å². The summed E-state index contributed by atoms with van der Waals surface area (Å²) in [6.45, 7) is 7.42. The molecule has 0 aliphatic rings. The summed E-state index contributed by atoms with van der Waals surface area (Å²) in [5.74, 6) is -0.644. The van der Waals surface area contributed by atoms with E-state index < -0.39 is 6.10 Å². The van der Waals surface area contributed by atoms with Gasteiger partial charge < -0.3 is 14.2 Å². The Hall–Kier alpha value is -3.96. The summed E-state index contributed by atoms with van der Waals surface area (Å²) >= 11 is 0. The highest BCUT2D eigenvalue weighted by atomic mass is 16.6. The van der Waals surface area contributed by atoms with E-state index in [4.69, 9.17) is 14.2 Å². The molecule has 0 aromatic carbocycles. The van der Waals surface area contributed by atoms with E-state index in [9.17, 15) is 9.59 Å². The largest absolute Gasteiger partial charge is 0.462 e. The van der Waals surface area contributed by atoms with Crippen molar-refractivity contribution in [1.82, 2.24) is 0 Å². The van der Waals surface area contributed by atoms with E-state index in [-0.39, 0.29) is 38.0 Å². The van der Waals surface area contributed by atoms with Crippen LogP contribution in [0.5, 0.6) is 0 Å². The fourth-order valence-electron chi connectivity index (χ4n) is 7.20. The molecule has 0 bridgehead atoms. The molecular weight excluding hydrogens is 837 g/mol. The van der Waals surface area contributed by atoms with Crippen LogP contribution >= 0.6 is 0 Å². The molecule has 0 fully saturated rings. The van der Waals surface area contributed by atoms with Crippen molar-refractivity contribution < 1.29 is 23.8 Å². The second-order valence-corrected chi connectivity index (χ2v) is 17.7. The molecule has 0 saturated heterocycles. The number of hydrogen-bond donors (Lipinski definition) is 0. The number of allylic oxidation sites excluding steroid dienone is 21. The predicted molar refractivity (Wildman–Crippen MR) is 297 cm³/mol. The zero-order chi connectivity index (χ0) is 49.2. The van der Waals surface area contributed by atoms with E-state index in [1.165, 1.54) is 103 Å². The third-order valence-corrected chi connectivity index (χ3v) is 11.2. The molecule has 0 saturated carbocycles. The molecule has 1 unspecified atom stereocenters. The maximum absolute atomic E-state index is 12.8. The minimum absolute atomic E-state index is 0.000878. The molecule has 5 heteroatoms. The standard InChI is InChI=1S/C63H102O5/c1-4-7-10-13-16-19-22-25-28-30-32-33-36-38-41-44-47-50-53-56-62(64)67-60-61(68-63(65)57-54-51-48-45-42-39-35-27-24-21-18-15-12-9-6-3)59-66-58-55-52-49-46-43-40-37-34-31-29-26-23-20-17-14-11-8-5-2/h7,9-10,12,16,18-19,21,25,27-28,32-33,35,38,41-42,45,47,50-51,54,61H,4-6,8,11,13-15,17,20,22-24,26,29-31,34,36-37,39-40,43-44,46,48-49,52-53,55-60H2,1-3H3/b10-7-,12-9-,19-16-,21-18-,28-25-,33-32-,35-27-,41-38-,45-42-,50-47-,54-51-. The first-order valence-electron chi connectivity index (χ1n) is 27.7. The summed E-state index contributed by atoms with van der Waals surface area (Å²) in [5.41, 5.74) is 0. The summed E-state index contributed by atoms with van der Waals surface area (Å²) in [5, 5.41) is 0. The van der Waals surface area contributed by atoms with Gasteiger partial charge in [0, 0.05) is 13.0 Å². The molecule has 5 nitrogen and oxygen atoms in total. The van der Waals surface area contributed by atoms with Gasteiger partial charge in [0.05, 0.1) is 13.0 Å². The molecule has 0 rings (SSSR count). The van der Waals surface area contributed by atoms with Gasteiger partial charge in [-0.2, -0.15) is 0 Å². The maximum Gasteiger partial charge on any atom is 0.310 e. The van der Waals surface area contributed by atoms with Gasteiger partial charge in [-0.1, -0.05) is 264 Å². The average Bonchev–Trinajstić information content (AvgIpc) is 3.34. The number of carbonyl (C=O) groups is 2. The first-order chi connectivity index (χ1) is 33.6. The predicted octanol–water partition coefficient (Wildman–Crippen LogP) is 19.1. The zero-order valence-corrected chi connectivity index (χ0v) is 44.1. The van der Waals surface area contributed by atoms with Gasteiger partial charge in [0.15, 0.2) is 6.10 Å². The summed E-state index contributed by atoms with van der Waals surface area (Å²) in [4.78, 5) is 25.4. The molecule has 68 heavy (non-hydrogen) atoms. The number of rotatable bonds is 49. The van der Waals surface area contributed by atoms with Crippen molar-refractivity contribution in [3.05, 3.63) is 134 Å². The van der Waals surface area contributed by atoms with Crippen LogP contribution in [0.3, 0.4) is 0 Å². The van der Waals surface area contributed by atoms with E-state index in [2.05, 4.69) is 136 Å². The normalized spacial score (nSPS) is 13.3. The molecule has 0 N–H and O–H groups in total. The van der Waals surface area contributed by atoms with Crippen LogP contribution in [0.15, 0.2) is 134 Å². The van der Waals surface area contributed by atoms with Crippen molar-refractivity contribution >= 4 is 11.9 Å². The van der Waals surface area contributed by atoms with Crippen molar-refractivity contribution in [2.24, 2.45) is 0 Å². The van der Waals surface area contributed by atoms with Crippen LogP contribution in [0.1, 0.15) is 226 Å². The maximum atomic E-state index is 12.8. The number of esters is 2. The lowest BCUT2D eigenvalue weighted by Crippen LogP contribution is -2.29. The smallest absolute Gasteiger partial charge is 0.310 e. The van der Waals surface area contributed by atoms with E-state index in [1.54, 1.807) is 0 Å². The Balaban J connectivity index is 4.49. The second kappa shape index (κ2) is 57.4. The molecule has 0 radical (unpaired) electrons. The van der Waals surface area contributed by atoms with E-state index in [1.807, 2.05) is 18.2 Å². The highest BCUT2D eigenvalue weighted by Crippen LogP contribution is 2.15. The van der Waals surface area contributed by atoms with Gasteiger partial charge in [0.2, 0.25) is 0 Å². The minimum Gasteiger partial charge on any atom is -0.462 e. The molecule has 0 aromatic rings. The van der Waals surface area contributed by atoms with Crippen molar-refractivity contribution in [2.75, 3.05) is 19.8 Å². The van der Waals surface area contributed by atoms with Crippen LogP contribution in [0.25, 0.3) is 0 Å². The van der Waals surface area contributed by atoms with Crippen LogP contribution in [-0.2, 0) is 23.8 Å². The SMILES string of the molecule is CC/C=C\C/C=C\C/C=C\C/C=C\C/C=C\C/C=C\CCC(=O)OCC(COCCCCCCCCCCCCCCCCCCCC)OC(=O)C/C=C\C/C=C\C/C=C\C/C=C\C/C=C\CC. The van der Waals surface area contributed by atoms with Crippen LogP contribution in [0.4, 0.5) is 0 Å². The third kappa shape index (κ3) is 54.6. The molecule has 0 aliphatic carbocycles. The molecule has 0 heterocycles. The van der Waals surface area contributed by atoms with Gasteiger partial charge in [0.1, 0.15) is 6.61 Å². The Labute approximate surface area is 419 Å².